The van der Waals surface area contributed by atoms with Gasteiger partial charge in [-0.05, 0) is 18.7 Å². The van der Waals surface area contributed by atoms with Gasteiger partial charge >= 0.3 is 0 Å². The van der Waals surface area contributed by atoms with Crippen LogP contribution in [-0.2, 0) is 10.0 Å². The first-order chi connectivity index (χ1) is 8.65. The van der Waals surface area contributed by atoms with Crippen LogP contribution in [0.25, 0.3) is 11.0 Å². The van der Waals surface area contributed by atoms with Crippen LogP contribution in [0.5, 0.6) is 0 Å². The van der Waals surface area contributed by atoms with Crippen molar-refractivity contribution >= 4 is 32.8 Å². The Bertz CT molecular complexity index is 624. The molecule has 0 atom stereocenters. The molecule has 0 unspecified atom stereocenters. The van der Waals surface area contributed by atoms with E-state index in [1.165, 1.54) is 0 Å². The number of nitrogens with one attached hydrogen (secondary N) is 2. The van der Waals surface area contributed by atoms with Gasteiger partial charge in [-0.3, -0.25) is 0 Å². The molecule has 2 rings (SSSR count). The largest absolute Gasteiger partial charge is 0.316 e. The summed E-state index contributed by atoms with van der Waals surface area (Å²) in [5.74, 6) is 0. The molecule has 0 fully saturated rings. The van der Waals surface area contributed by atoms with Crippen LogP contribution in [0.1, 0.15) is 6.92 Å². The Morgan fingerprint density at radius 3 is 2.89 bits per heavy atom. The van der Waals surface area contributed by atoms with E-state index in [2.05, 4.69) is 18.8 Å². The van der Waals surface area contributed by atoms with E-state index >= 15 is 0 Å². The predicted octanol–water partition coefficient (Wildman–Crippen LogP) is 0.579. The van der Waals surface area contributed by atoms with Crippen LogP contribution in [-0.4, -0.2) is 36.8 Å². The Balaban J connectivity index is 2.21. The van der Waals surface area contributed by atoms with Gasteiger partial charge in [-0.25, -0.2) is 13.1 Å². The monoisotopic (exact) mass is 286 g/mol. The van der Waals surface area contributed by atoms with Crippen LogP contribution in [0, 0.1) is 0 Å². The Labute approximate surface area is 110 Å². The van der Waals surface area contributed by atoms with Gasteiger partial charge in [0.2, 0.25) is 10.0 Å². The van der Waals surface area contributed by atoms with E-state index in [0.717, 1.165) is 18.3 Å². The van der Waals surface area contributed by atoms with Crippen molar-refractivity contribution in [3.8, 4) is 0 Å². The minimum absolute atomic E-state index is 0.185. The first-order valence-electron chi connectivity index (χ1n) is 5.57. The summed E-state index contributed by atoms with van der Waals surface area (Å²) in [7, 11) is -3.52. The minimum Gasteiger partial charge on any atom is -0.316 e. The molecule has 0 radical (unpaired) electrons. The van der Waals surface area contributed by atoms with Gasteiger partial charge < -0.3 is 5.32 Å². The lowest BCUT2D eigenvalue weighted by Gasteiger charge is -2.07. The van der Waals surface area contributed by atoms with E-state index < -0.39 is 10.0 Å². The van der Waals surface area contributed by atoms with Gasteiger partial charge in [0.15, 0.2) is 0 Å². The summed E-state index contributed by atoms with van der Waals surface area (Å²) in [6.45, 7) is 3.73. The average Bonchev–Trinajstić information content (AvgIpc) is 2.82. The molecular weight excluding hydrogens is 272 g/mol. The first-order valence-corrected chi connectivity index (χ1v) is 7.78. The third-order valence-corrected chi connectivity index (χ3v) is 4.42. The number of aromatic nitrogens is 2. The number of fused-ring (bicyclic) bond motifs is 1. The summed E-state index contributed by atoms with van der Waals surface area (Å²) in [6.07, 6.45) is 0. The molecule has 0 spiro atoms. The Morgan fingerprint density at radius 2 is 2.11 bits per heavy atom. The van der Waals surface area contributed by atoms with Crippen LogP contribution in [0.3, 0.4) is 0 Å². The summed E-state index contributed by atoms with van der Waals surface area (Å²) in [5, 5.41) is 3.05. The minimum atomic E-state index is -3.52. The van der Waals surface area contributed by atoms with E-state index in [4.69, 9.17) is 0 Å². The van der Waals surface area contributed by atoms with Crippen LogP contribution in [0.2, 0.25) is 0 Å². The SMILES string of the molecule is CCNCCNS(=O)(=O)c1cccc2nsnc12. The Kier molecular flexibility index (Phi) is 4.23. The Hall–Kier alpha value is -1.09. The van der Waals surface area contributed by atoms with Gasteiger partial charge in [-0.1, -0.05) is 13.0 Å². The topological polar surface area (TPSA) is 84.0 Å². The average molecular weight is 286 g/mol. The highest BCUT2D eigenvalue weighted by Gasteiger charge is 2.18. The van der Waals surface area contributed by atoms with E-state index in [-0.39, 0.29) is 4.90 Å². The molecular formula is C10H14N4O2S2. The number of hydrogen-bond acceptors (Lipinski definition) is 6. The van der Waals surface area contributed by atoms with Crippen molar-refractivity contribution in [3.05, 3.63) is 18.2 Å². The summed E-state index contributed by atoms with van der Waals surface area (Å²) < 4.78 is 34.8. The molecule has 0 aliphatic carbocycles. The summed E-state index contributed by atoms with van der Waals surface area (Å²) in [6, 6.07) is 4.96. The first kappa shape index (κ1) is 13.3. The van der Waals surface area contributed by atoms with Crippen molar-refractivity contribution < 1.29 is 8.42 Å². The van der Waals surface area contributed by atoms with E-state index in [1.807, 2.05) is 6.92 Å². The fourth-order valence-corrected chi connectivity index (χ4v) is 3.32. The zero-order chi connectivity index (χ0) is 13.0. The van der Waals surface area contributed by atoms with E-state index in [0.29, 0.717) is 24.1 Å². The van der Waals surface area contributed by atoms with E-state index in [1.54, 1.807) is 18.2 Å². The van der Waals surface area contributed by atoms with Crippen molar-refractivity contribution in [3.63, 3.8) is 0 Å². The molecule has 1 aromatic heterocycles. The number of rotatable bonds is 6. The molecule has 18 heavy (non-hydrogen) atoms. The molecule has 1 aromatic carbocycles. The molecule has 0 aliphatic rings. The smallest absolute Gasteiger partial charge is 0.242 e. The lowest BCUT2D eigenvalue weighted by atomic mass is 10.3. The maximum absolute atomic E-state index is 12.1. The van der Waals surface area contributed by atoms with Crippen molar-refractivity contribution in [2.45, 2.75) is 11.8 Å². The third-order valence-electron chi connectivity index (χ3n) is 2.38. The lowest BCUT2D eigenvalue weighted by molar-refractivity contribution is 0.578. The molecule has 2 N–H and O–H groups in total. The van der Waals surface area contributed by atoms with Crippen LogP contribution < -0.4 is 10.0 Å². The molecule has 8 heteroatoms. The van der Waals surface area contributed by atoms with Crippen molar-refractivity contribution in [2.75, 3.05) is 19.6 Å². The lowest BCUT2D eigenvalue weighted by Crippen LogP contribution is -2.31. The maximum Gasteiger partial charge on any atom is 0.242 e. The van der Waals surface area contributed by atoms with Crippen LogP contribution in [0.4, 0.5) is 0 Å². The van der Waals surface area contributed by atoms with Gasteiger partial charge in [0.05, 0.1) is 11.7 Å². The molecule has 98 valence electrons. The molecule has 0 saturated carbocycles. The van der Waals surface area contributed by atoms with Crippen molar-refractivity contribution in [1.82, 2.24) is 18.8 Å². The number of hydrogen-bond donors (Lipinski definition) is 2. The predicted molar refractivity (Wildman–Crippen MR) is 71.1 cm³/mol. The third kappa shape index (κ3) is 2.83. The zero-order valence-electron chi connectivity index (χ0n) is 9.88. The molecule has 0 bridgehead atoms. The maximum atomic E-state index is 12.1. The molecule has 0 saturated heterocycles. The quantitative estimate of drug-likeness (QED) is 0.759. The molecule has 6 nitrogen and oxygen atoms in total. The number of sulfonamides is 1. The fraction of sp³-hybridized carbons (Fsp3) is 0.400. The second kappa shape index (κ2) is 5.70. The van der Waals surface area contributed by atoms with Crippen molar-refractivity contribution in [2.24, 2.45) is 0 Å². The second-order valence-corrected chi connectivity index (χ2v) is 5.90. The number of nitrogens with zero attached hydrogens (tertiary/aromatic N) is 2. The van der Waals surface area contributed by atoms with Crippen molar-refractivity contribution in [1.29, 1.82) is 0 Å². The molecule has 1 heterocycles. The highest BCUT2D eigenvalue weighted by atomic mass is 32.2. The zero-order valence-corrected chi connectivity index (χ0v) is 11.5. The molecule has 0 amide bonds. The van der Waals surface area contributed by atoms with Gasteiger partial charge in [0, 0.05) is 13.1 Å². The number of benzene rings is 1. The van der Waals surface area contributed by atoms with Gasteiger partial charge in [-0.2, -0.15) is 8.75 Å². The molecule has 0 aliphatic heterocycles. The second-order valence-electron chi connectivity index (χ2n) is 3.64. The fourth-order valence-electron chi connectivity index (χ4n) is 1.53. The summed E-state index contributed by atoms with van der Waals surface area (Å²) >= 11 is 1.01. The van der Waals surface area contributed by atoms with Crippen LogP contribution >= 0.6 is 11.7 Å². The molecule has 2 aromatic rings. The van der Waals surface area contributed by atoms with Gasteiger partial charge in [0.1, 0.15) is 15.9 Å². The highest BCUT2D eigenvalue weighted by molar-refractivity contribution is 7.89. The Morgan fingerprint density at radius 1 is 1.28 bits per heavy atom. The van der Waals surface area contributed by atoms with E-state index in [9.17, 15) is 8.42 Å². The van der Waals surface area contributed by atoms with Gasteiger partial charge in [-0.15, -0.1) is 0 Å². The van der Waals surface area contributed by atoms with Crippen LogP contribution in [0.15, 0.2) is 23.1 Å². The standard InChI is InChI=1S/C10H14N4O2S2/c1-2-11-6-7-12-18(15,16)9-5-3-4-8-10(9)14-17-13-8/h3-5,11-12H,2,6-7H2,1H3. The summed E-state index contributed by atoms with van der Waals surface area (Å²) in [4.78, 5) is 0.185. The summed E-state index contributed by atoms with van der Waals surface area (Å²) in [5.41, 5.74) is 1.04. The van der Waals surface area contributed by atoms with Gasteiger partial charge in [0.25, 0.3) is 0 Å². The normalized spacial score (nSPS) is 12.1. The number of likely N-dealkylation sites (N-methyl/N-ethyl adjacent to an activating group) is 1. The highest BCUT2D eigenvalue weighted by Crippen LogP contribution is 2.20.